The molecule has 8 nitrogen and oxygen atoms in total. The van der Waals surface area contributed by atoms with Crippen molar-refractivity contribution in [3.63, 3.8) is 0 Å². The molecule has 2 atom stereocenters. The van der Waals surface area contributed by atoms with E-state index in [9.17, 15) is 13.2 Å². The van der Waals surface area contributed by atoms with Crippen molar-refractivity contribution in [3.8, 4) is 0 Å². The maximum Gasteiger partial charge on any atom is 0.282 e. The standard InChI is InChI=1S/C15H30N4O4S/c1-13-10-19(11-14(2)23-13)24(21,22)18-7-5-6-17(8-9-18)12-15(20)16(3)4/h13-14H,5-12H2,1-4H3. The van der Waals surface area contributed by atoms with E-state index in [-0.39, 0.29) is 18.1 Å². The van der Waals surface area contributed by atoms with Crippen LogP contribution in [0.15, 0.2) is 0 Å². The van der Waals surface area contributed by atoms with Crippen LogP contribution in [-0.4, -0.2) is 105 Å². The van der Waals surface area contributed by atoms with Crippen molar-refractivity contribution >= 4 is 16.1 Å². The lowest BCUT2D eigenvalue weighted by Gasteiger charge is -2.37. The van der Waals surface area contributed by atoms with Gasteiger partial charge >= 0.3 is 0 Å². The fourth-order valence-corrected chi connectivity index (χ4v) is 4.95. The molecule has 2 aliphatic heterocycles. The zero-order chi connectivity index (χ0) is 17.9. The number of nitrogens with zero attached hydrogens (tertiary/aromatic N) is 4. The van der Waals surface area contributed by atoms with Gasteiger partial charge < -0.3 is 9.64 Å². The highest BCUT2D eigenvalue weighted by Gasteiger charge is 2.36. The van der Waals surface area contributed by atoms with E-state index < -0.39 is 10.2 Å². The van der Waals surface area contributed by atoms with Crippen molar-refractivity contribution < 1.29 is 17.9 Å². The molecule has 2 saturated heterocycles. The van der Waals surface area contributed by atoms with Crippen molar-refractivity contribution in [1.29, 1.82) is 0 Å². The van der Waals surface area contributed by atoms with Crippen molar-refractivity contribution in [2.24, 2.45) is 0 Å². The summed E-state index contributed by atoms with van der Waals surface area (Å²) in [7, 11) is -0.0102. The highest BCUT2D eigenvalue weighted by atomic mass is 32.2. The van der Waals surface area contributed by atoms with E-state index in [0.717, 1.165) is 13.0 Å². The summed E-state index contributed by atoms with van der Waals surface area (Å²) in [4.78, 5) is 15.4. The Morgan fingerprint density at radius 1 is 1.04 bits per heavy atom. The molecule has 0 aromatic carbocycles. The third-order valence-corrected chi connectivity index (χ3v) is 6.41. The van der Waals surface area contributed by atoms with Gasteiger partial charge in [-0.1, -0.05) is 0 Å². The van der Waals surface area contributed by atoms with Crippen LogP contribution in [0, 0.1) is 0 Å². The Hall–Kier alpha value is -0.740. The lowest BCUT2D eigenvalue weighted by molar-refractivity contribution is -0.129. The third kappa shape index (κ3) is 4.89. The molecule has 1 amide bonds. The molecular formula is C15H30N4O4S. The first-order valence-corrected chi connectivity index (χ1v) is 9.93. The second-order valence-corrected chi connectivity index (χ2v) is 8.83. The van der Waals surface area contributed by atoms with Crippen LogP contribution in [0.1, 0.15) is 20.3 Å². The SMILES string of the molecule is CC1CN(S(=O)(=O)N2CCCN(CC(=O)N(C)C)CC2)CC(C)O1. The first-order valence-electron chi connectivity index (χ1n) is 8.53. The summed E-state index contributed by atoms with van der Waals surface area (Å²) in [6.07, 6.45) is 0.546. The fourth-order valence-electron chi connectivity index (χ4n) is 3.15. The second kappa shape index (κ2) is 8.09. The van der Waals surface area contributed by atoms with Crippen LogP contribution in [0.5, 0.6) is 0 Å². The normalized spacial score (nSPS) is 28.5. The minimum atomic E-state index is -3.48. The molecule has 2 rings (SSSR count). The Morgan fingerprint density at radius 3 is 2.25 bits per heavy atom. The maximum atomic E-state index is 12.9. The quantitative estimate of drug-likeness (QED) is 0.670. The molecule has 0 aromatic rings. The Balaban J connectivity index is 1.98. The van der Waals surface area contributed by atoms with E-state index in [2.05, 4.69) is 0 Å². The number of morpholine rings is 1. The lowest BCUT2D eigenvalue weighted by atomic mass is 10.3. The average molecular weight is 362 g/mol. The van der Waals surface area contributed by atoms with Crippen LogP contribution in [0.3, 0.4) is 0 Å². The lowest BCUT2D eigenvalue weighted by Crippen LogP contribution is -2.53. The van der Waals surface area contributed by atoms with Gasteiger partial charge in [-0.05, 0) is 26.8 Å². The van der Waals surface area contributed by atoms with E-state index in [4.69, 9.17) is 4.74 Å². The molecule has 0 saturated carbocycles. The number of likely N-dealkylation sites (N-methyl/N-ethyl adjacent to an activating group) is 1. The minimum Gasteiger partial charge on any atom is -0.373 e. The molecule has 0 radical (unpaired) electrons. The van der Waals surface area contributed by atoms with E-state index in [1.54, 1.807) is 23.3 Å². The van der Waals surface area contributed by atoms with Gasteiger partial charge in [0, 0.05) is 46.8 Å². The fraction of sp³-hybridized carbons (Fsp3) is 0.933. The van der Waals surface area contributed by atoms with Gasteiger partial charge in [0.1, 0.15) is 0 Å². The molecule has 0 spiro atoms. The highest BCUT2D eigenvalue weighted by Crippen LogP contribution is 2.19. The summed E-state index contributed by atoms with van der Waals surface area (Å²) in [5.41, 5.74) is 0. The molecule has 2 fully saturated rings. The summed E-state index contributed by atoms with van der Waals surface area (Å²) in [5.74, 6) is 0.0436. The van der Waals surface area contributed by atoms with Gasteiger partial charge in [0.2, 0.25) is 5.91 Å². The topological polar surface area (TPSA) is 73.4 Å². The summed E-state index contributed by atoms with van der Waals surface area (Å²) >= 11 is 0. The molecule has 0 aliphatic carbocycles. The molecule has 9 heteroatoms. The molecule has 2 unspecified atom stereocenters. The zero-order valence-corrected chi connectivity index (χ0v) is 16.0. The maximum absolute atomic E-state index is 12.9. The van der Waals surface area contributed by atoms with Gasteiger partial charge in [-0.2, -0.15) is 17.0 Å². The summed E-state index contributed by atoms with van der Waals surface area (Å²) in [6.45, 7) is 7.16. The van der Waals surface area contributed by atoms with E-state index in [0.29, 0.717) is 39.3 Å². The largest absolute Gasteiger partial charge is 0.373 e. The number of amides is 1. The predicted molar refractivity (Wildman–Crippen MR) is 91.8 cm³/mol. The summed E-state index contributed by atoms with van der Waals surface area (Å²) in [5, 5.41) is 0. The van der Waals surface area contributed by atoms with Crippen molar-refractivity contribution in [2.45, 2.75) is 32.5 Å². The molecule has 24 heavy (non-hydrogen) atoms. The highest BCUT2D eigenvalue weighted by molar-refractivity contribution is 7.86. The Kier molecular flexibility index (Phi) is 6.60. The van der Waals surface area contributed by atoms with Crippen LogP contribution in [0.25, 0.3) is 0 Å². The van der Waals surface area contributed by atoms with Crippen LogP contribution < -0.4 is 0 Å². The number of carbonyl (C=O) groups is 1. The molecule has 140 valence electrons. The van der Waals surface area contributed by atoms with Crippen molar-refractivity contribution in [1.82, 2.24) is 18.4 Å². The average Bonchev–Trinajstić information content (AvgIpc) is 2.72. The van der Waals surface area contributed by atoms with Gasteiger partial charge in [0.05, 0.1) is 18.8 Å². The van der Waals surface area contributed by atoms with Crippen LogP contribution in [0.4, 0.5) is 0 Å². The predicted octanol–water partition coefficient (Wildman–Crippen LogP) is -0.564. The Bertz CT molecular complexity index is 530. The molecule has 0 aromatic heterocycles. The van der Waals surface area contributed by atoms with Gasteiger partial charge in [-0.25, -0.2) is 0 Å². The molecule has 2 heterocycles. The minimum absolute atomic E-state index is 0.0436. The van der Waals surface area contributed by atoms with Crippen LogP contribution >= 0.6 is 0 Å². The third-order valence-electron chi connectivity index (χ3n) is 4.44. The van der Waals surface area contributed by atoms with Gasteiger partial charge in [-0.15, -0.1) is 0 Å². The van der Waals surface area contributed by atoms with E-state index in [1.165, 1.54) is 4.31 Å². The first kappa shape index (κ1) is 19.6. The van der Waals surface area contributed by atoms with E-state index in [1.807, 2.05) is 18.7 Å². The number of hydrogen-bond acceptors (Lipinski definition) is 5. The Morgan fingerprint density at radius 2 is 1.67 bits per heavy atom. The second-order valence-electron chi connectivity index (χ2n) is 6.90. The number of rotatable bonds is 4. The number of carbonyl (C=O) groups excluding carboxylic acids is 1. The monoisotopic (exact) mass is 362 g/mol. The van der Waals surface area contributed by atoms with Crippen molar-refractivity contribution in [3.05, 3.63) is 0 Å². The molecular weight excluding hydrogens is 332 g/mol. The smallest absolute Gasteiger partial charge is 0.282 e. The van der Waals surface area contributed by atoms with Crippen LogP contribution in [-0.2, 0) is 19.7 Å². The van der Waals surface area contributed by atoms with Gasteiger partial charge in [0.25, 0.3) is 10.2 Å². The molecule has 0 bridgehead atoms. The zero-order valence-electron chi connectivity index (χ0n) is 15.1. The van der Waals surface area contributed by atoms with Gasteiger partial charge in [0.15, 0.2) is 0 Å². The summed E-state index contributed by atoms with van der Waals surface area (Å²) in [6, 6.07) is 0. The summed E-state index contributed by atoms with van der Waals surface area (Å²) < 4.78 is 34.6. The number of hydrogen-bond donors (Lipinski definition) is 0. The van der Waals surface area contributed by atoms with Gasteiger partial charge in [-0.3, -0.25) is 9.69 Å². The molecule has 2 aliphatic rings. The number of ether oxygens (including phenoxy) is 1. The Labute approximate surface area is 145 Å². The first-order chi connectivity index (χ1) is 11.2. The van der Waals surface area contributed by atoms with Crippen molar-refractivity contribution in [2.75, 3.05) is 59.9 Å². The molecule has 0 N–H and O–H groups in total. The van der Waals surface area contributed by atoms with E-state index >= 15 is 0 Å². The van der Waals surface area contributed by atoms with Crippen LogP contribution in [0.2, 0.25) is 0 Å².